The van der Waals surface area contributed by atoms with Crippen LogP contribution in [0.3, 0.4) is 0 Å². The van der Waals surface area contributed by atoms with Crippen LogP contribution in [0.2, 0.25) is 0 Å². The van der Waals surface area contributed by atoms with E-state index >= 15 is 0 Å². The number of hydrogen-bond acceptors (Lipinski definition) is 5. The number of rotatable bonds is 8. The molecule has 9 nitrogen and oxygen atoms in total. The van der Waals surface area contributed by atoms with Crippen LogP contribution in [-0.4, -0.2) is 78.0 Å². The van der Waals surface area contributed by atoms with Gasteiger partial charge in [0.2, 0.25) is 5.91 Å². The topological polar surface area (TPSA) is 96.7 Å². The molecule has 0 fully saturated rings. The van der Waals surface area contributed by atoms with Crippen molar-refractivity contribution in [3.63, 3.8) is 0 Å². The fraction of sp³-hybridized carbons (Fsp3) is 0.750. The average molecular weight is 351 g/mol. The van der Waals surface area contributed by atoms with Gasteiger partial charge in [-0.05, 0) is 19.8 Å². The highest BCUT2D eigenvalue weighted by molar-refractivity contribution is 5.84. The summed E-state index contributed by atoms with van der Waals surface area (Å²) >= 11 is 0. The van der Waals surface area contributed by atoms with Gasteiger partial charge in [0.25, 0.3) is 0 Å². The number of nitrogens with zero attached hydrogens (tertiary/aromatic N) is 5. The summed E-state index contributed by atoms with van der Waals surface area (Å²) in [5.41, 5.74) is 0. The lowest BCUT2D eigenvalue weighted by Gasteiger charge is -2.25. The molecule has 140 valence electrons. The molecule has 1 aliphatic rings. The summed E-state index contributed by atoms with van der Waals surface area (Å²) in [6, 6.07) is 0.210. The summed E-state index contributed by atoms with van der Waals surface area (Å²) < 4.78 is 7.26. The van der Waals surface area contributed by atoms with E-state index in [4.69, 9.17) is 4.74 Å². The van der Waals surface area contributed by atoms with Crippen LogP contribution in [0, 0.1) is 0 Å². The zero-order valence-electron chi connectivity index (χ0n) is 15.4. The molecule has 2 rings (SSSR count). The second-order valence-corrected chi connectivity index (χ2v) is 6.17. The molecule has 1 atom stereocenters. The molecule has 25 heavy (non-hydrogen) atoms. The summed E-state index contributed by atoms with van der Waals surface area (Å²) in [5.74, 6) is 1.64. The van der Waals surface area contributed by atoms with E-state index in [0.29, 0.717) is 12.6 Å². The van der Waals surface area contributed by atoms with Gasteiger partial charge < -0.3 is 20.3 Å². The number of guanidine groups is 1. The Morgan fingerprint density at radius 3 is 3.12 bits per heavy atom. The first kappa shape index (κ1) is 19.2. The molecule has 1 unspecified atom stereocenters. The Morgan fingerprint density at radius 1 is 1.52 bits per heavy atom. The SMILES string of the molecule is CCOCCCNC(=NCC(=O)N(C)C)NC1CCc2ncnn2C1. The fourth-order valence-corrected chi connectivity index (χ4v) is 2.51. The molecule has 0 saturated carbocycles. The number of likely N-dealkylation sites (N-methyl/N-ethyl adjacent to an activating group) is 1. The molecular formula is C16H29N7O2. The minimum Gasteiger partial charge on any atom is -0.382 e. The fourth-order valence-electron chi connectivity index (χ4n) is 2.51. The van der Waals surface area contributed by atoms with E-state index in [1.165, 1.54) is 0 Å². The second-order valence-electron chi connectivity index (χ2n) is 6.17. The summed E-state index contributed by atoms with van der Waals surface area (Å²) in [7, 11) is 3.46. The molecule has 0 aliphatic carbocycles. The minimum absolute atomic E-state index is 0.0300. The molecule has 1 amide bonds. The molecule has 0 saturated heterocycles. The van der Waals surface area contributed by atoms with Crippen LogP contribution in [0.4, 0.5) is 0 Å². The van der Waals surface area contributed by atoms with Crippen LogP contribution in [0.1, 0.15) is 25.6 Å². The van der Waals surface area contributed by atoms with E-state index in [0.717, 1.165) is 44.8 Å². The monoisotopic (exact) mass is 351 g/mol. The van der Waals surface area contributed by atoms with Gasteiger partial charge in [-0.25, -0.2) is 14.7 Å². The zero-order chi connectivity index (χ0) is 18.1. The van der Waals surface area contributed by atoms with Crippen LogP contribution in [0.25, 0.3) is 0 Å². The Morgan fingerprint density at radius 2 is 2.36 bits per heavy atom. The number of nitrogens with one attached hydrogen (secondary N) is 2. The lowest BCUT2D eigenvalue weighted by atomic mass is 10.1. The third-order valence-electron chi connectivity index (χ3n) is 3.98. The van der Waals surface area contributed by atoms with Crippen molar-refractivity contribution in [3.8, 4) is 0 Å². The van der Waals surface area contributed by atoms with Crippen molar-refractivity contribution >= 4 is 11.9 Å². The lowest BCUT2D eigenvalue weighted by molar-refractivity contribution is -0.127. The van der Waals surface area contributed by atoms with Gasteiger partial charge in [-0.2, -0.15) is 5.10 Å². The largest absolute Gasteiger partial charge is 0.382 e. The molecule has 0 aromatic carbocycles. The molecule has 9 heteroatoms. The number of aromatic nitrogens is 3. The van der Waals surface area contributed by atoms with E-state index in [1.807, 2.05) is 11.6 Å². The summed E-state index contributed by atoms with van der Waals surface area (Å²) in [5, 5.41) is 10.9. The van der Waals surface area contributed by atoms with Gasteiger partial charge >= 0.3 is 0 Å². The van der Waals surface area contributed by atoms with Crippen LogP contribution < -0.4 is 10.6 Å². The van der Waals surface area contributed by atoms with E-state index in [-0.39, 0.29) is 18.5 Å². The van der Waals surface area contributed by atoms with Gasteiger partial charge in [0.05, 0.1) is 6.54 Å². The Labute approximate surface area is 148 Å². The number of aryl methyl sites for hydroxylation is 1. The number of carbonyl (C=O) groups is 1. The second kappa shape index (κ2) is 9.97. The number of carbonyl (C=O) groups excluding carboxylic acids is 1. The smallest absolute Gasteiger partial charge is 0.243 e. The maximum Gasteiger partial charge on any atom is 0.243 e. The van der Waals surface area contributed by atoms with Gasteiger partial charge in [0, 0.05) is 46.3 Å². The first-order valence-electron chi connectivity index (χ1n) is 8.79. The number of fused-ring (bicyclic) bond motifs is 1. The predicted octanol–water partition coefficient (Wildman–Crippen LogP) is -0.357. The van der Waals surface area contributed by atoms with Crippen molar-refractivity contribution in [1.29, 1.82) is 0 Å². The first-order valence-corrected chi connectivity index (χ1v) is 8.79. The molecule has 0 bridgehead atoms. The van der Waals surface area contributed by atoms with Gasteiger partial charge in [-0.1, -0.05) is 0 Å². The van der Waals surface area contributed by atoms with E-state index in [9.17, 15) is 4.79 Å². The molecule has 0 spiro atoms. The molecule has 1 aromatic rings. The normalized spacial score (nSPS) is 17.1. The molecule has 1 aromatic heterocycles. The first-order chi connectivity index (χ1) is 12.1. The Balaban J connectivity index is 1.89. The van der Waals surface area contributed by atoms with Gasteiger partial charge in [0.1, 0.15) is 18.7 Å². The molecule has 0 radical (unpaired) electrons. The third kappa shape index (κ3) is 6.33. The van der Waals surface area contributed by atoms with Crippen molar-refractivity contribution in [2.24, 2.45) is 4.99 Å². The van der Waals surface area contributed by atoms with Crippen LogP contribution in [-0.2, 0) is 22.5 Å². The van der Waals surface area contributed by atoms with E-state index in [2.05, 4.69) is 25.7 Å². The number of ether oxygens (including phenoxy) is 1. The van der Waals surface area contributed by atoms with Crippen molar-refractivity contribution in [2.75, 3.05) is 40.4 Å². The maximum atomic E-state index is 11.8. The Hall–Kier alpha value is -2.16. The zero-order valence-corrected chi connectivity index (χ0v) is 15.4. The van der Waals surface area contributed by atoms with Crippen LogP contribution in [0.5, 0.6) is 0 Å². The maximum absolute atomic E-state index is 11.8. The van der Waals surface area contributed by atoms with Gasteiger partial charge in [-0.15, -0.1) is 0 Å². The Bertz CT molecular complexity index is 571. The van der Waals surface area contributed by atoms with Gasteiger partial charge in [0.15, 0.2) is 5.96 Å². The lowest BCUT2D eigenvalue weighted by Crippen LogP contribution is -2.47. The van der Waals surface area contributed by atoms with Crippen molar-refractivity contribution in [3.05, 3.63) is 12.2 Å². The van der Waals surface area contributed by atoms with Crippen LogP contribution in [0.15, 0.2) is 11.3 Å². The van der Waals surface area contributed by atoms with E-state index < -0.39 is 0 Å². The quantitative estimate of drug-likeness (QED) is 0.377. The molecule has 2 heterocycles. The van der Waals surface area contributed by atoms with Crippen molar-refractivity contribution < 1.29 is 9.53 Å². The molecular weight excluding hydrogens is 322 g/mol. The summed E-state index contributed by atoms with van der Waals surface area (Å²) in [6.07, 6.45) is 4.31. The average Bonchev–Trinajstić information content (AvgIpc) is 3.06. The minimum atomic E-state index is -0.0300. The van der Waals surface area contributed by atoms with Gasteiger partial charge in [-0.3, -0.25) is 4.79 Å². The van der Waals surface area contributed by atoms with Crippen LogP contribution >= 0.6 is 0 Å². The highest BCUT2D eigenvalue weighted by Gasteiger charge is 2.20. The molecule has 2 N–H and O–H groups in total. The van der Waals surface area contributed by atoms with Crippen molar-refractivity contribution in [2.45, 2.75) is 38.8 Å². The number of hydrogen-bond donors (Lipinski definition) is 2. The number of aliphatic imine (C=N–C) groups is 1. The standard InChI is InChI=1S/C16H29N7O2/c1-4-25-9-5-8-17-16(18-10-15(24)22(2)3)21-13-6-7-14-19-12-20-23(14)11-13/h12-13H,4-11H2,1-3H3,(H2,17,18,21). The highest BCUT2D eigenvalue weighted by Crippen LogP contribution is 2.11. The Kier molecular flexibility index (Phi) is 7.65. The number of amides is 1. The summed E-state index contributed by atoms with van der Waals surface area (Å²) in [4.78, 5) is 22.0. The van der Waals surface area contributed by atoms with Crippen molar-refractivity contribution in [1.82, 2.24) is 30.3 Å². The predicted molar refractivity (Wildman–Crippen MR) is 95.4 cm³/mol. The summed E-state index contributed by atoms with van der Waals surface area (Å²) in [6.45, 7) is 5.02. The van der Waals surface area contributed by atoms with E-state index in [1.54, 1.807) is 25.3 Å². The third-order valence-corrected chi connectivity index (χ3v) is 3.98. The highest BCUT2D eigenvalue weighted by atomic mass is 16.5. The molecule has 1 aliphatic heterocycles.